The van der Waals surface area contributed by atoms with Crippen LogP contribution >= 0.6 is 15.9 Å². The molecule has 0 radical (unpaired) electrons. The Morgan fingerprint density at radius 2 is 1.87 bits per heavy atom. The summed E-state index contributed by atoms with van der Waals surface area (Å²) in [5.41, 5.74) is 1.02. The number of nitriles is 1. The lowest BCUT2D eigenvalue weighted by atomic mass is 9.81. The Balaban J connectivity index is 2.25. The van der Waals surface area contributed by atoms with E-state index >= 15 is 0 Å². The first kappa shape index (κ1) is 18.5. The number of benzene rings is 1. The highest BCUT2D eigenvalue weighted by Crippen LogP contribution is 2.43. The van der Waals surface area contributed by atoms with E-state index in [4.69, 9.17) is 4.43 Å². The van der Waals surface area contributed by atoms with Crippen LogP contribution in [-0.2, 0) is 6.42 Å². The van der Waals surface area contributed by atoms with Gasteiger partial charge in [0.25, 0.3) is 0 Å². The summed E-state index contributed by atoms with van der Waals surface area (Å²) in [7, 11) is -1.84. The van der Waals surface area contributed by atoms with E-state index in [2.05, 4.69) is 68.0 Å². The summed E-state index contributed by atoms with van der Waals surface area (Å²) in [6, 6.07) is 8.84. The molecule has 0 atom stereocenters. The van der Waals surface area contributed by atoms with E-state index in [0.29, 0.717) is 0 Å². The van der Waals surface area contributed by atoms with Crippen molar-refractivity contribution in [1.29, 1.82) is 5.26 Å². The van der Waals surface area contributed by atoms with Gasteiger partial charge in [0.15, 0.2) is 0 Å². The quantitative estimate of drug-likeness (QED) is 0.549. The zero-order valence-electron chi connectivity index (χ0n) is 15.0. The van der Waals surface area contributed by atoms with Gasteiger partial charge < -0.3 is 4.43 Å². The fourth-order valence-corrected chi connectivity index (χ4v) is 4.35. The molecule has 0 N–H and O–H groups in total. The molecule has 126 valence electrons. The number of hydrogen-bond acceptors (Lipinski definition) is 2. The average Bonchev–Trinajstić information content (AvgIpc) is 2.90. The molecule has 1 saturated carbocycles. The van der Waals surface area contributed by atoms with Crippen LogP contribution in [0.25, 0.3) is 0 Å². The lowest BCUT2D eigenvalue weighted by Crippen LogP contribution is -2.43. The molecule has 2 nitrogen and oxygen atoms in total. The molecule has 0 amide bonds. The highest BCUT2D eigenvalue weighted by atomic mass is 79.9. The minimum atomic E-state index is -1.84. The summed E-state index contributed by atoms with van der Waals surface area (Å²) in [4.78, 5) is 0. The molecule has 0 saturated heterocycles. The van der Waals surface area contributed by atoms with Crippen LogP contribution in [0.15, 0.2) is 22.7 Å². The van der Waals surface area contributed by atoms with Gasteiger partial charge in [-0.15, -0.1) is 0 Å². The molecule has 0 bridgehead atoms. The van der Waals surface area contributed by atoms with E-state index in [1.807, 2.05) is 6.07 Å². The van der Waals surface area contributed by atoms with E-state index in [0.717, 1.165) is 29.5 Å². The predicted molar refractivity (Wildman–Crippen MR) is 102 cm³/mol. The van der Waals surface area contributed by atoms with Crippen molar-refractivity contribution < 1.29 is 4.43 Å². The molecule has 23 heavy (non-hydrogen) atoms. The fraction of sp³-hybridized carbons (Fsp3) is 0.632. The van der Waals surface area contributed by atoms with Crippen LogP contribution in [0.3, 0.4) is 0 Å². The maximum Gasteiger partial charge on any atom is 0.250 e. The topological polar surface area (TPSA) is 33.0 Å². The number of halogens is 1. The Hall–Kier alpha value is -0.793. The molecule has 0 unspecified atom stereocenters. The first-order valence-corrected chi connectivity index (χ1v) is 12.2. The maximum absolute atomic E-state index is 9.64. The van der Waals surface area contributed by atoms with Crippen molar-refractivity contribution in [3.05, 3.63) is 28.2 Å². The largest absolute Gasteiger partial charge is 0.543 e. The smallest absolute Gasteiger partial charge is 0.250 e. The third kappa shape index (κ3) is 4.19. The van der Waals surface area contributed by atoms with Gasteiger partial charge in [-0.05, 0) is 61.2 Å². The zero-order valence-corrected chi connectivity index (χ0v) is 17.6. The third-order valence-corrected chi connectivity index (χ3v) is 10.7. The lowest BCUT2D eigenvalue weighted by molar-refractivity contribution is 0.406. The van der Waals surface area contributed by atoms with Gasteiger partial charge in [0, 0.05) is 4.47 Å². The Kier molecular flexibility index (Phi) is 5.33. The molecule has 0 aliphatic heterocycles. The SMILES string of the molecule is CC(C)(C)[Si](C)(C)Oc1ccc(Br)c(CC2(C#N)CCCC2)c1. The van der Waals surface area contributed by atoms with Crippen molar-refractivity contribution >= 4 is 24.2 Å². The van der Waals surface area contributed by atoms with Gasteiger partial charge in [0.05, 0.1) is 11.5 Å². The molecule has 1 aliphatic rings. The predicted octanol–water partition coefficient (Wildman–Crippen LogP) is 6.46. The second-order valence-electron chi connectivity index (χ2n) is 8.39. The summed E-state index contributed by atoms with van der Waals surface area (Å²) in [6.45, 7) is 11.3. The first-order chi connectivity index (χ1) is 10.6. The van der Waals surface area contributed by atoms with E-state index in [9.17, 15) is 5.26 Å². The van der Waals surface area contributed by atoms with Gasteiger partial charge in [-0.1, -0.05) is 49.5 Å². The van der Waals surface area contributed by atoms with Crippen molar-refractivity contribution in [2.75, 3.05) is 0 Å². The number of hydrogen-bond donors (Lipinski definition) is 0. The van der Waals surface area contributed by atoms with Gasteiger partial charge in [-0.3, -0.25) is 0 Å². The molecule has 4 heteroatoms. The summed E-state index contributed by atoms with van der Waals surface area (Å²) in [5.74, 6) is 0.945. The molecule has 1 aliphatic carbocycles. The van der Waals surface area contributed by atoms with Gasteiger partial charge >= 0.3 is 0 Å². The molecule has 0 aromatic heterocycles. The van der Waals surface area contributed by atoms with E-state index < -0.39 is 8.32 Å². The fourth-order valence-electron chi connectivity index (χ4n) is 2.94. The van der Waals surface area contributed by atoms with Crippen molar-refractivity contribution in [1.82, 2.24) is 0 Å². The molecule has 2 rings (SSSR count). The Labute approximate surface area is 150 Å². The highest BCUT2D eigenvalue weighted by Gasteiger charge is 2.39. The number of nitrogens with zero attached hydrogens (tertiary/aromatic N) is 1. The Morgan fingerprint density at radius 3 is 2.39 bits per heavy atom. The van der Waals surface area contributed by atoms with Gasteiger partial charge in [0.1, 0.15) is 5.75 Å². The first-order valence-electron chi connectivity index (χ1n) is 8.47. The van der Waals surface area contributed by atoms with Crippen LogP contribution in [0.4, 0.5) is 0 Å². The normalized spacial score (nSPS) is 17.8. The van der Waals surface area contributed by atoms with E-state index in [-0.39, 0.29) is 10.5 Å². The monoisotopic (exact) mass is 393 g/mol. The van der Waals surface area contributed by atoms with Gasteiger partial charge in [0.2, 0.25) is 8.32 Å². The summed E-state index contributed by atoms with van der Waals surface area (Å²) in [6.07, 6.45) is 5.20. The lowest BCUT2D eigenvalue weighted by Gasteiger charge is -2.36. The van der Waals surface area contributed by atoms with Gasteiger partial charge in [-0.2, -0.15) is 5.26 Å². The number of rotatable bonds is 4. The molecule has 1 fully saturated rings. The van der Waals surface area contributed by atoms with Crippen molar-refractivity contribution in [2.24, 2.45) is 5.41 Å². The second-order valence-corrected chi connectivity index (χ2v) is 14.0. The maximum atomic E-state index is 9.64. The zero-order chi connectivity index (χ0) is 17.3. The van der Waals surface area contributed by atoms with Crippen molar-refractivity contribution in [3.63, 3.8) is 0 Å². The van der Waals surface area contributed by atoms with Crippen LogP contribution < -0.4 is 4.43 Å². The summed E-state index contributed by atoms with van der Waals surface area (Å²) < 4.78 is 7.51. The molecule has 0 spiro atoms. The Morgan fingerprint density at radius 1 is 1.26 bits per heavy atom. The molecule has 0 heterocycles. The summed E-state index contributed by atoms with van der Waals surface area (Å²) in [5, 5.41) is 9.82. The van der Waals surface area contributed by atoms with Gasteiger partial charge in [-0.25, -0.2) is 0 Å². The van der Waals surface area contributed by atoms with Crippen LogP contribution in [0.5, 0.6) is 5.75 Å². The average molecular weight is 394 g/mol. The van der Waals surface area contributed by atoms with E-state index in [1.54, 1.807) is 0 Å². The second kappa shape index (κ2) is 6.61. The Bertz CT molecular complexity index is 607. The van der Waals surface area contributed by atoms with Crippen LogP contribution in [0, 0.1) is 16.7 Å². The van der Waals surface area contributed by atoms with Crippen molar-refractivity contribution in [3.8, 4) is 11.8 Å². The standard InChI is InChI=1S/C19H28BrNOSi/c1-18(2,3)23(4,5)22-16-8-9-17(20)15(12-16)13-19(14-21)10-6-7-11-19/h8-9,12H,6-7,10-11,13H2,1-5H3. The molecular formula is C19H28BrNOSi. The van der Waals surface area contributed by atoms with Crippen LogP contribution in [0.1, 0.15) is 52.0 Å². The third-order valence-electron chi connectivity index (χ3n) is 5.52. The minimum Gasteiger partial charge on any atom is -0.543 e. The highest BCUT2D eigenvalue weighted by molar-refractivity contribution is 9.10. The van der Waals surface area contributed by atoms with Crippen molar-refractivity contribution in [2.45, 2.75) is 71.0 Å². The van der Waals surface area contributed by atoms with E-state index in [1.165, 1.54) is 18.4 Å². The summed E-state index contributed by atoms with van der Waals surface area (Å²) >= 11 is 3.66. The van der Waals surface area contributed by atoms with Crippen LogP contribution in [0.2, 0.25) is 18.1 Å². The van der Waals surface area contributed by atoms with Crippen LogP contribution in [-0.4, -0.2) is 8.32 Å². The molecule has 1 aromatic carbocycles. The molecular weight excluding hydrogens is 366 g/mol. The molecule has 1 aromatic rings. The minimum absolute atomic E-state index is 0.180.